The summed E-state index contributed by atoms with van der Waals surface area (Å²) >= 11 is 6.50. The fourth-order valence-corrected chi connectivity index (χ4v) is 4.69. The minimum atomic E-state index is -0.133. The van der Waals surface area contributed by atoms with Crippen LogP contribution in [0.5, 0.6) is 0 Å². The average Bonchev–Trinajstić information content (AvgIpc) is 3.34. The molecule has 14 heteroatoms. The summed E-state index contributed by atoms with van der Waals surface area (Å²) in [6.45, 7) is 12.5. The Labute approximate surface area is 252 Å². The Kier molecular flexibility index (Phi) is 14.4. The number of aromatic amines is 1. The molecule has 218 valence electrons. The highest BCUT2D eigenvalue weighted by Gasteiger charge is 2.20. The standard InChI is InChI=1S/C12H19N5O.C10H12Br2N4O.C3H8.ClH/c1-5-8(6-2)17-11-10(15-12(17)18)13-7-9(14-11)16(3)4;1-3-6(4-2)15-9-8(16(12)10(15)17)13-5-7(11)14-9;1-3-2;/h7-8H,5-6H2,1-4H3,(H,13,15,18);5-6H,3-4H2,1-2H3;3H2,1-2H3;1H. The number of hydrogen-bond acceptors (Lipinski definition) is 7. The fraction of sp³-hybridized carbons (Fsp3) is 0.600. The lowest BCUT2D eigenvalue weighted by Crippen LogP contribution is -2.24. The number of aromatic nitrogens is 8. The molecule has 0 amide bonds. The first-order valence-electron chi connectivity index (χ1n) is 13.1. The molecule has 0 aliphatic heterocycles. The van der Waals surface area contributed by atoms with Crippen LogP contribution in [0.2, 0.25) is 0 Å². The SMILES string of the molecule is CCC.CCC(CC)n1c(=O)[nH]c2ncc(N(C)C)nc21.CCC(CC)n1c(=O)n(Br)c2ncc(Br)nc21.Cl. The third-order valence-electron chi connectivity index (χ3n) is 5.98. The summed E-state index contributed by atoms with van der Waals surface area (Å²) in [5.41, 5.74) is 2.08. The van der Waals surface area contributed by atoms with Crippen molar-refractivity contribution in [3.8, 4) is 0 Å². The number of anilines is 1. The molecular weight excluding hydrogens is 654 g/mol. The van der Waals surface area contributed by atoms with E-state index < -0.39 is 0 Å². The van der Waals surface area contributed by atoms with Gasteiger partial charge in [0.15, 0.2) is 22.6 Å². The summed E-state index contributed by atoms with van der Waals surface area (Å²) < 4.78 is 5.40. The maximum Gasteiger partial charge on any atom is 0.342 e. The van der Waals surface area contributed by atoms with E-state index in [9.17, 15) is 9.59 Å². The lowest BCUT2D eigenvalue weighted by Gasteiger charge is -2.15. The first-order chi connectivity index (χ1) is 18.1. The third-order valence-corrected chi connectivity index (χ3v) is 7.00. The summed E-state index contributed by atoms with van der Waals surface area (Å²) in [6.07, 6.45) is 8.06. The zero-order valence-electron chi connectivity index (χ0n) is 23.9. The van der Waals surface area contributed by atoms with E-state index in [1.54, 1.807) is 21.5 Å². The Morgan fingerprint density at radius 2 is 1.38 bits per heavy atom. The molecule has 0 fully saturated rings. The molecule has 0 unspecified atom stereocenters. The van der Waals surface area contributed by atoms with Crippen LogP contribution >= 0.6 is 44.5 Å². The van der Waals surface area contributed by atoms with E-state index in [2.05, 4.69) is 98.5 Å². The molecule has 39 heavy (non-hydrogen) atoms. The smallest absolute Gasteiger partial charge is 0.342 e. The molecule has 4 rings (SSSR count). The van der Waals surface area contributed by atoms with Gasteiger partial charge in [0.2, 0.25) is 0 Å². The molecule has 0 spiro atoms. The van der Waals surface area contributed by atoms with Crippen molar-refractivity contribution in [3.63, 3.8) is 0 Å². The number of imidazole rings is 2. The second-order valence-corrected chi connectivity index (χ2v) is 10.5. The molecule has 1 N–H and O–H groups in total. The van der Waals surface area contributed by atoms with Crippen LogP contribution in [0.1, 0.15) is 85.7 Å². The highest BCUT2D eigenvalue weighted by Crippen LogP contribution is 2.21. The van der Waals surface area contributed by atoms with Crippen molar-refractivity contribution in [1.82, 2.24) is 37.6 Å². The van der Waals surface area contributed by atoms with E-state index >= 15 is 0 Å². The largest absolute Gasteiger partial charge is 0.361 e. The van der Waals surface area contributed by atoms with Gasteiger partial charge < -0.3 is 4.90 Å². The van der Waals surface area contributed by atoms with Crippen LogP contribution in [-0.2, 0) is 0 Å². The van der Waals surface area contributed by atoms with Gasteiger partial charge in [-0.05, 0) is 41.6 Å². The molecule has 0 radical (unpaired) electrons. The predicted octanol–water partition coefficient (Wildman–Crippen LogP) is 6.26. The van der Waals surface area contributed by atoms with Crippen molar-refractivity contribution in [2.75, 3.05) is 19.0 Å². The van der Waals surface area contributed by atoms with Crippen molar-refractivity contribution in [3.05, 3.63) is 38.0 Å². The summed E-state index contributed by atoms with van der Waals surface area (Å²) in [5.74, 6) is 0.751. The quantitative estimate of drug-likeness (QED) is 0.243. The Morgan fingerprint density at radius 1 is 0.846 bits per heavy atom. The Balaban J connectivity index is 0.000000347. The van der Waals surface area contributed by atoms with Gasteiger partial charge >= 0.3 is 11.4 Å². The Bertz CT molecular complexity index is 1440. The molecule has 0 atom stereocenters. The van der Waals surface area contributed by atoms with Gasteiger partial charge in [0.1, 0.15) is 10.4 Å². The van der Waals surface area contributed by atoms with Crippen molar-refractivity contribution < 1.29 is 0 Å². The van der Waals surface area contributed by atoms with Crippen LogP contribution in [-0.4, -0.2) is 51.7 Å². The summed E-state index contributed by atoms with van der Waals surface area (Å²) in [4.78, 5) is 46.1. The molecule has 0 bridgehead atoms. The first-order valence-corrected chi connectivity index (χ1v) is 14.6. The van der Waals surface area contributed by atoms with E-state index in [0.29, 0.717) is 27.2 Å². The summed E-state index contributed by atoms with van der Waals surface area (Å²) in [7, 11) is 3.81. The van der Waals surface area contributed by atoms with Crippen LogP contribution in [0.4, 0.5) is 5.82 Å². The predicted molar refractivity (Wildman–Crippen MR) is 169 cm³/mol. The zero-order chi connectivity index (χ0) is 28.6. The van der Waals surface area contributed by atoms with E-state index in [4.69, 9.17) is 0 Å². The monoisotopic (exact) mass is 691 g/mol. The second kappa shape index (κ2) is 16.1. The van der Waals surface area contributed by atoms with Gasteiger partial charge in [0.25, 0.3) is 0 Å². The van der Waals surface area contributed by atoms with Gasteiger partial charge in [0, 0.05) is 26.2 Å². The van der Waals surface area contributed by atoms with Gasteiger partial charge in [0.05, 0.1) is 28.5 Å². The average molecular weight is 694 g/mol. The fourth-order valence-electron chi connectivity index (χ4n) is 4.00. The molecule has 0 aliphatic rings. The van der Waals surface area contributed by atoms with Crippen LogP contribution in [0.3, 0.4) is 0 Å². The minimum Gasteiger partial charge on any atom is -0.361 e. The van der Waals surface area contributed by atoms with Gasteiger partial charge in [-0.2, -0.15) is 0 Å². The molecule has 4 heterocycles. The number of halogens is 3. The Hall–Kier alpha value is -2.25. The van der Waals surface area contributed by atoms with E-state index in [0.717, 1.165) is 31.5 Å². The minimum absolute atomic E-state index is 0. The number of nitrogens with one attached hydrogen (secondary N) is 1. The lowest BCUT2D eigenvalue weighted by atomic mass is 10.2. The zero-order valence-corrected chi connectivity index (χ0v) is 27.9. The van der Waals surface area contributed by atoms with Crippen molar-refractivity contribution in [2.45, 2.75) is 85.7 Å². The van der Waals surface area contributed by atoms with Gasteiger partial charge in [-0.1, -0.05) is 48.0 Å². The van der Waals surface area contributed by atoms with Gasteiger partial charge in [-0.3, -0.25) is 14.1 Å². The molecule has 0 aliphatic carbocycles. The van der Waals surface area contributed by atoms with Crippen molar-refractivity contribution in [2.24, 2.45) is 0 Å². The van der Waals surface area contributed by atoms with Crippen molar-refractivity contribution >= 4 is 72.9 Å². The number of rotatable bonds is 7. The van der Waals surface area contributed by atoms with E-state index in [1.807, 2.05) is 19.0 Å². The molecule has 4 aromatic rings. The van der Waals surface area contributed by atoms with Crippen molar-refractivity contribution in [1.29, 1.82) is 0 Å². The highest BCUT2D eigenvalue weighted by atomic mass is 79.9. The van der Waals surface area contributed by atoms with Gasteiger partial charge in [-0.15, -0.1) is 12.4 Å². The number of fused-ring (bicyclic) bond motifs is 2. The highest BCUT2D eigenvalue weighted by molar-refractivity contribution is 9.10. The number of hydrogen-bond donors (Lipinski definition) is 1. The van der Waals surface area contributed by atoms with E-state index in [1.165, 1.54) is 10.0 Å². The molecule has 11 nitrogen and oxygen atoms in total. The van der Waals surface area contributed by atoms with Crippen LogP contribution in [0.15, 0.2) is 26.6 Å². The number of H-pyrrole nitrogens is 1. The van der Waals surface area contributed by atoms with Crippen LogP contribution < -0.4 is 16.3 Å². The lowest BCUT2D eigenvalue weighted by molar-refractivity contribution is 0.468. The Morgan fingerprint density at radius 3 is 1.90 bits per heavy atom. The maximum absolute atomic E-state index is 12.1. The van der Waals surface area contributed by atoms with Crippen LogP contribution in [0, 0.1) is 0 Å². The van der Waals surface area contributed by atoms with Crippen LogP contribution in [0.25, 0.3) is 22.6 Å². The molecule has 0 saturated heterocycles. The topological polar surface area (TPSA) is 120 Å². The summed E-state index contributed by atoms with van der Waals surface area (Å²) in [5, 5.41) is 0. The number of nitrogens with zero attached hydrogens (tertiary/aromatic N) is 8. The van der Waals surface area contributed by atoms with E-state index in [-0.39, 0.29) is 35.9 Å². The molecule has 4 aromatic heterocycles. The molecular formula is C25H40Br2ClN9O2. The third kappa shape index (κ3) is 7.91. The summed E-state index contributed by atoms with van der Waals surface area (Å²) in [6, 6.07) is 0.311. The normalized spacial score (nSPS) is 10.8. The second-order valence-electron chi connectivity index (χ2n) is 9.02. The first kappa shape index (κ1) is 34.8. The van der Waals surface area contributed by atoms with Gasteiger partial charge in [-0.25, -0.2) is 33.1 Å². The molecule has 0 saturated carbocycles. The maximum atomic E-state index is 12.1. The molecule has 0 aromatic carbocycles.